The molecule has 0 spiro atoms. The van der Waals surface area contributed by atoms with Gasteiger partial charge in [-0.1, -0.05) is 6.07 Å². The second-order valence-electron chi connectivity index (χ2n) is 6.77. The Labute approximate surface area is 160 Å². The van der Waals surface area contributed by atoms with E-state index in [2.05, 4.69) is 19.5 Å². The van der Waals surface area contributed by atoms with Gasteiger partial charge in [-0.3, -0.25) is 4.40 Å². The molecule has 0 N–H and O–H groups in total. The third kappa shape index (κ3) is 3.08. The summed E-state index contributed by atoms with van der Waals surface area (Å²) in [5.74, 6) is 1.24. The highest BCUT2D eigenvalue weighted by atomic mass is 32.1. The maximum atomic E-state index is 13.1. The highest BCUT2D eigenvalue weighted by Crippen LogP contribution is 2.33. The Morgan fingerprint density at radius 1 is 1.00 bits per heavy atom. The highest BCUT2D eigenvalue weighted by Gasteiger charge is 2.25. The third-order valence-electron chi connectivity index (χ3n) is 5.10. The monoisotopic (exact) mass is 379 g/mol. The molecule has 136 valence electrons. The van der Waals surface area contributed by atoms with Gasteiger partial charge in [-0.25, -0.2) is 9.37 Å². The molecule has 0 radical (unpaired) electrons. The molecule has 4 aromatic rings. The lowest BCUT2D eigenvalue weighted by molar-refractivity contribution is 0.482. The fourth-order valence-corrected chi connectivity index (χ4v) is 4.52. The maximum absolute atomic E-state index is 13.1. The largest absolute Gasteiger partial charge is 0.348 e. The summed E-state index contributed by atoms with van der Waals surface area (Å²) in [5, 5.41) is 11.8. The van der Waals surface area contributed by atoms with E-state index < -0.39 is 0 Å². The number of fused-ring (bicyclic) bond motifs is 1. The zero-order valence-corrected chi connectivity index (χ0v) is 15.4. The molecule has 0 unspecified atom stereocenters. The van der Waals surface area contributed by atoms with E-state index in [4.69, 9.17) is 4.98 Å². The average Bonchev–Trinajstić information content (AvgIpc) is 3.36. The fourth-order valence-electron chi connectivity index (χ4n) is 3.63. The number of hydrogen-bond donors (Lipinski definition) is 0. The Kier molecular flexibility index (Phi) is 4.09. The van der Waals surface area contributed by atoms with E-state index in [0.29, 0.717) is 5.92 Å². The normalized spacial score (nSPS) is 15.5. The first-order valence-corrected chi connectivity index (χ1v) is 9.92. The van der Waals surface area contributed by atoms with Gasteiger partial charge in [-0.2, -0.15) is 0 Å². The van der Waals surface area contributed by atoms with Crippen LogP contribution in [0.15, 0.2) is 54.0 Å². The molecule has 0 bridgehead atoms. The van der Waals surface area contributed by atoms with Crippen LogP contribution in [-0.4, -0.2) is 32.7 Å². The number of piperidine rings is 1. The summed E-state index contributed by atoms with van der Waals surface area (Å²) in [5.41, 5.74) is 2.75. The van der Waals surface area contributed by atoms with Gasteiger partial charge >= 0.3 is 0 Å². The molecule has 3 aromatic heterocycles. The van der Waals surface area contributed by atoms with Crippen LogP contribution in [0.2, 0.25) is 0 Å². The lowest BCUT2D eigenvalue weighted by atomic mass is 9.96. The molecule has 5 nitrogen and oxygen atoms in total. The molecule has 0 atom stereocenters. The first-order chi connectivity index (χ1) is 13.3. The number of rotatable bonds is 3. The van der Waals surface area contributed by atoms with Crippen molar-refractivity contribution in [3.8, 4) is 11.3 Å². The average molecular weight is 379 g/mol. The van der Waals surface area contributed by atoms with E-state index in [-0.39, 0.29) is 5.82 Å². The molecule has 1 aromatic carbocycles. The van der Waals surface area contributed by atoms with Gasteiger partial charge in [-0.15, -0.1) is 21.5 Å². The Morgan fingerprint density at radius 2 is 1.81 bits per heavy atom. The molecular weight excluding hydrogens is 361 g/mol. The van der Waals surface area contributed by atoms with Crippen LogP contribution >= 0.6 is 11.3 Å². The highest BCUT2D eigenvalue weighted by molar-refractivity contribution is 7.14. The smallest absolute Gasteiger partial charge is 0.185 e. The lowest BCUT2D eigenvalue weighted by Crippen LogP contribution is -2.33. The van der Waals surface area contributed by atoms with Crippen molar-refractivity contribution in [2.45, 2.75) is 18.8 Å². The van der Waals surface area contributed by atoms with E-state index in [1.165, 1.54) is 12.1 Å². The van der Waals surface area contributed by atoms with Crippen molar-refractivity contribution < 1.29 is 4.39 Å². The van der Waals surface area contributed by atoms with Crippen molar-refractivity contribution in [2.75, 3.05) is 18.0 Å². The summed E-state index contributed by atoms with van der Waals surface area (Å²) < 4.78 is 15.2. The summed E-state index contributed by atoms with van der Waals surface area (Å²) in [4.78, 5) is 7.09. The third-order valence-corrected chi connectivity index (χ3v) is 6.00. The topological polar surface area (TPSA) is 46.3 Å². The first kappa shape index (κ1) is 16.4. The van der Waals surface area contributed by atoms with Crippen molar-refractivity contribution in [3.63, 3.8) is 0 Å². The van der Waals surface area contributed by atoms with Gasteiger partial charge in [0.1, 0.15) is 11.6 Å². The molecule has 1 fully saturated rings. The minimum atomic E-state index is -0.225. The molecule has 7 heteroatoms. The van der Waals surface area contributed by atoms with Crippen molar-refractivity contribution >= 4 is 22.1 Å². The zero-order valence-electron chi connectivity index (χ0n) is 14.6. The van der Waals surface area contributed by atoms with Crippen LogP contribution in [0.1, 0.15) is 24.6 Å². The van der Waals surface area contributed by atoms with Crippen LogP contribution in [0, 0.1) is 5.82 Å². The summed E-state index contributed by atoms with van der Waals surface area (Å²) >= 11 is 1.64. The molecule has 1 aliphatic rings. The van der Waals surface area contributed by atoms with Gasteiger partial charge in [0, 0.05) is 36.1 Å². The van der Waals surface area contributed by atoms with Crippen LogP contribution < -0.4 is 4.90 Å². The van der Waals surface area contributed by atoms with Crippen LogP contribution in [0.4, 0.5) is 9.52 Å². The molecular formula is C20H18FN5S. The summed E-state index contributed by atoms with van der Waals surface area (Å²) in [7, 11) is 0. The number of aromatic nitrogens is 4. The summed E-state index contributed by atoms with van der Waals surface area (Å²) in [6, 6.07) is 12.5. The van der Waals surface area contributed by atoms with Gasteiger partial charge in [0.15, 0.2) is 10.8 Å². The number of nitrogens with zero attached hydrogens (tertiary/aromatic N) is 5. The van der Waals surface area contributed by atoms with E-state index in [9.17, 15) is 4.39 Å². The number of thiazole rings is 1. The van der Waals surface area contributed by atoms with Gasteiger partial charge in [0.05, 0.1) is 5.69 Å². The van der Waals surface area contributed by atoms with Crippen LogP contribution in [0.3, 0.4) is 0 Å². The van der Waals surface area contributed by atoms with E-state index in [0.717, 1.165) is 53.8 Å². The minimum absolute atomic E-state index is 0.225. The summed E-state index contributed by atoms with van der Waals surface area (Å²) in [6.07, 6.45) is 4.09. The number of anilines is 1. The molecule has 0 amide bonds. The minimum Gasteiger partial charge on any atom is -0.348 e. The SMILES string of the molecule is Fc1ccc(-c2csc(N3CCC(c4nnc5ccccn45)CC3)n2)cc1. The van der Waals surface area contributed by atoms with Gasteiger partial charge in [0.2, 0.25) is 0 Å². The van der Waals surface area contributed by atoms with Crippen LogP contribution in [-0.2, 0) is 0 Å². The predicted octanol–water partition coefficient (Wildman–Crippen LogP) is 4.38. The van der Waals surface area contributed by atoms with Crippen LogP contribution in [0.5, 0.6) is 0 Å². The van der Waals surface area contributed by atoms with Gasteiger partial charge < -0.3 is 4.90 Å². The Hall–Kier alpha value is -2.80. The number of pyridine rings is 1. The molecule has 1 saturated heterocycles. The quantitative estimate of drug-likeness (QED) is 0.530. The number of halogens is 1. The number of hydrogen-bond acceptors (Lipinski definition) is 5. The van der Waals surface area contributed by atoms with Crippen molar-refractivity contribution in [1.29, 1.82) is 0 Å². The molecule has 0 aliphatic carbocycles. The van der Waals surface area contributed by atoms with Gasteiger partial charge in [0.25, 0.3) is 0 Å². The van der Waals surface area contributed by atoms with Crippen molar-refractivity contribution in [2.24, 2.45) is 0 Å². The fraction of sp³-hybridized carbons (Fsp3) is 0.250. The zero-order chi connectivity index (χ0) is 18.2. The van der Waals surface area contributed by atoms with Crippen molar-refractivity contribution in [1.82, 2.24) is 19.6 Å². The molecule has 4 heterocycles. The first-order valence-electron chi connectivity index (χ1n) is 9.04. The molecule has 27 heavy (non-hydrogen) atoms. The molecule has 1 aliphatic heterocycles. The Morgan fingerprint density at radius 3 is 2.63 bits per heavy atom. The summed E-state index contributed by atoms with van der Waals surface area (Å²) in [6.45, 7) is 1.89. The van der Waals surface area contributed by atoms with Gasteiger partial charge in [-0.05, 0) is 49.2 Å². The Bertz CT molecular complexity index is 1060. The Balaban J connectivity index is 1.30. The van der Waals surface area contributed by atoms with E-state index in [1.807, 2.05) is 29.8 Å². The standard InChI is InChI=1S/C20H18FN5S/c21-16-6-4-14(5-7-16)17-13-27-20(22-17)25-11-8-15(9-12-25)19-24-23-18-3-1-2-10-26(18)19/h1-7,10,13,15H,8-9,11-12H2. The molecule has 5 rings (SSSR count). The van der Waals surface area contributed by atoms with E-state index in [1.54, 1.807) is 23.5 Å². The molecule has 0 saturated carbocycles. The number of benzene rings is 1. The van der Waals surface area contributed by atoms with E-state index >= 15 is 0 Å². The van der Waals surface area contributed by atoms with Crippen LogP contribution in [0.25, 0.3) is 16.9 Å². The maximum Gasteiger partial charge on any atom is 0.185 e. The second kappa shape index (κ2) is 6.74. The van der Waals surface area contributed by atoms with Crippen molar-refractivity contribution in [3.05, 3.63) is 65.7 Å². The second-order valence-corrected chi connectivity index (χ2v) is 7.61. The predicted molar refractivity (Wildman–Crippen MR) is 105 cm³/mol. The lowest BCUT2D eigenvalue weighted by Gasteiger charge is -2.30.